The lowest BCUT2D eigenvalue weighted by Crippen LogP contribution is -1.99. The molecule has 0 radical (unpaired) electrons. The van der Waals surface area contributed by atoms with Gasteiger partial charge in [0.05, 0.1) is 11.6 Å². The number of thioether (sulfide) groups is 1. The maximum Gasteiger partial charge on any atom is 0.196 e. The van der Waals surface area contributed by atoms with E-state index in [2.05, 4.69) is 27.3 Å². The van der Waals surface area contributed by atoms with Gasteiger partial charge in [-0.3, -0.25) is 4.57 Å². The molecule has 2 heterocycles. The van der Waals surface area contributed by atoms with Crippen LogP contribution in [0.3, 0.4) is 0 Å². The number of rotatable bonds is 5. The normalized spacial score (nSPS) is 11.0. The molecule has 0 aliphatic carbocycles. The van der Waals surface area contributed by atoms with Crippen molar-refractivity contribution in [1.29, 1.82) is 5.26 Å². The van der Waals surface area contributed by atoms with Crippen molar-refractivity contribution in [2.45, 2.75) is 10.9 Å². The topological polar surface area (TPSA) is 70.3 Å². The number of aromatic nitrogens is 4. The molecule has 0 spiro atoms. The molecule has 0 saturated heterocycles. The number of hydrogen-bond donors (Lipinski definition) is 1. The number of fused-ring (bicyclic) bond motifs is 1. The summed E-state index contributed by atoms with van der Waals surface area (Å²) in [4.78, 5) is 3.31. The highest BCUT2D eigenvalue weighted by Crippen LogP contribution is 2.34. The lowest BCUT2D eigenvalue weighted by Gasteiger charge is -2.10. The van der Waals surface area contributed by atoms with Gasteiger partial charge in [0.1, 0.15) is 0 Å². The van der Waals surface area contributed by atoms with Crippen molar-refractivity contribution in [3.05, 3.63) is 95.1 Å². The molecule has 0 aliphatic rings. The molecular formula is C24H16ClN5S. The van der Waals surface area contributed by atoms with Crippen molar-refractivity contribution in [3.63, 3.8) is 0 Å². The van der Waals surface area contributed by atoms with Crippen LogP contribution in [0.4, 0.5) is 0 Å². The summed E-state index contributed by atoms with van der Waals surface area (Å²) in [7, 11) is 0. The molecule has 31 heavy (non-hydrogen) atoms. The predicted molar refractivity (Wildman–Crippen MR) is 124 cm³/mol. The van der Waals surface area contributed by atoms with Gasteiger partial charge in [0.25, 0.3) is 0 Å². The van der Waals surface area contributed by atoms with Gasteiger partial charge in [0.2, 0.25) is 0 Å². The van der Waals surface area contributed by atoms with Crippen LogP contribution in [0.5, 0.6) is 0 Å². The van der Waals surface area contributed by atoms with Gasteiger partial charge in [0, 0.05) is 39.1 Å². The highest BCUT2D eigenvalue weighted by molar-refractivity contribution is 7.98. The lowest BCUT2D eigenvalue weighted by atomic mass is 10.1. The molecule has 0 fully saturated rings. The van der Waals surface area contributed by atoms with E-state index in [1.54, 1.807) is 11.8 Å². The van der Waals surface area contributed by atoms with Crippen molar-refractivity contribution >= 4 is 34.3 Å². The molecular weight excluding hydrogens is 426 g/mol. The number of nitriles is 1. The smallest absolute Gasteiger partial charge is 0.196 e. The van der Waals surface area contributed by atoms with E-state index in [1.807, 2.05) is 77.5 Å². The third kappa shape index (κ3) is 3.70. The van der Waals surface area contributed by atoms with Crippen LogP contribution in [-0.4, -0.2) is 19.7 Å². The van der Waals surface area contributed by atoms with E-state index in [9.17, 15) is 5.26 Å². The summed E-state index contributed by atoms with van der Waals surface area (Å²) in [5, 5.41) is 20.9. The average Bonchev–Trinajstić information content (AvgIpc) is 3.42. The third-order valence-electron chi connectivity index (χ3n) is 5.04. The second-order valence-electron chi connectivity index (χ2n) is 6.92. The second-order valence-corrected chi connectivity index (χ2v) is 8.30. The van der Waals surface area contributed by atoms with Crippen molar-refractivity contribution in [1.82, 2.24) is 19.7 Å². The van der Waals surface area contributed by atoms with Gasteiger partial charge in [-0.05, 0) is 42.0 Å². The van der Waals surface area contributed by atoms with Crippen LogP contribution in [0.15, 0.2) is 84.1 Å². The van der Waals surface area contributed by atoms with Crippen molar-refractivity contribution in [2.75, 3.05) is 0 Å². The number of halogens is 1. The van der Waals surface area contributed by atoms with E-state index < -0.39 is 0 Å². The molecule has 5 rings (SSSR count). The van der Waals surface area contributed by atoms with Crippen LogP contribution in [0.1, 0.15) is 11.1 Å². The molecule has 3 aromatic carbocycles. The number of nitrogens with zero attached hydrogens (tertiary/aromatic N) is 4. The van der Waals surface area contributed by atoms with E-state index in [-0.39, 0.29) is 0 Å². The van der Waals surface area contributed by atoms with Gasteiger partial charge in [0.15, 0.2) is 11.0 Å². The SMILES string of the molecule is N#Cc1ccccc1CSc1nnc(-c2c[nH]c3ccccc23)n1-c1ccc(Cl)cc1. The summed E-state index contributed by atoms with van der Waals surface area (Å²) < 4.78 is 2.03. The molecule has 0 aliphatic heterocycles. The molecule has 5 nitrogen and oxygen atoms in total. The van der Waals surface area contributed by atoms with E-state index in [1.165, 1.54) is 0 Å². The minimum atomic E-state index is 0.614. The Labute approximate surface area is 188 Å². The number of nitrogens with one attached hydrogen (secondary N) is 1. The Balaban J connectivity index is 1.60. The van der Waals surface area contributed by atoms with Crippen LogP contribution >= 0.6 is 23.4 Å². The Morgan fingerprint density at radius 2 is 1.74 bits per heavy atom. The van der Waals surface area contributed by atoms with Gasteiger partial charge >= 0.3 is 0 Å². The highest BCUT2D eigenvalue weighted by atomic mass is 35.5. The van der Waals surface area contributed by atoms with E-state index in [0.717, 1.165) is 38.7 Å². The first-order valence-corrected chi connectivity index (χ1v) is 11.0. The fourth-order valence-corrected chi connectivity index (χ4v) is 4.60. The third-order valence-corrected chi connectivity index (χ3v) is 6.27. The molecule has 5 aromatic rings. The summed E-state index contributed by atoms with van der Waals surface area (Å²) in [5.74, 6) is 1.36. The van der Waals surface area contributed by atoms with Crippen molar-refractivity contribution in [3.8, 4) is 23.1 Å². The van der Waals surface area contributed by atoms with Gasteiger partial charge in [-0.25, -0.2) is 0 Å². The second kappa shape index (κ2) is 8.31. The molecule has 0 bridgehead atoms. The van der Waals surface area contributed by atoms with Crippen LogP contribution < -0.4 is 0 Å². The summed E-state index contributed by atoms with van der Waals surface area (Å²) >= 11 is 7.67. The standard InChI is InChI=1S/C24H16ClN5S/c25-18-9-11-19(12-10-18)30-23(21-14-27-22-8-4-3-7-20(21)22)28-29-24(30)31-15-17-6-2-1-5-16(17)13-26/h1-12,14,27H,15H2. The first-order valence-electron chi connectivity index (χ1n) is 9.63. The average molecular weight is 442 g/mol. The number of aromatic amines is 1. The zero-order valence-corrected chi connectivity index (χ0v) is 17.9. The van der Waals surface area contributed by atoms with E-state index in [0.29, 0.717) is 16.3 Å². The van der Waals surface area contributed by atoms with Gasteiger partial charge in [-0.15, -0.1) is 10.2 Å². The monoisotopic (exact) mass is 441 g/mol. The largest absolute Gasteiger partial charge is 0.360 e. The van der Waals surface area contributed by atoms with Crippen molar-refractivity contribution < 1.29 is 0 Å². The van der Waals surface area contributed by atoms with Gasteiger partial charge in [-0.1, -0.05) is 59.8 Å². The quantitative estimate of drug-likeness (QED) is 0.328. The fourth-order valence-electron chi connectivity index (χ4n) is 3.51. The summed E-state index contributed by atoms with van der Waals surface area (Å²) in [6, 6.07) is 25.6. The van der Waals surface area contributed by atoms with Crippen LogP contribution in [0.2, 0.25) is 5.02 Å². The predicted octanol–water partition coefficient (Wildman–Crippen LogP) is 6.23. The minimum absolute atomic E-state index is 0.614. The Bertz CT molecular complexity index is 1410. The maximum absolute atomic E-state index is 9.40. The number of benzene rings is 3. The molecule has 0 unspecified atom stereocenters. The first kappa shape index (κ1) is 19.4. The zero-order chi connectivity index (χ0) is 21.2. The maximum atomic E-state index is 9.40. The summed E-state index contributed by atoms with van der Waals surface area (Å²) in [5.41, 5.74) is 4.58. The minimum Gasteiger partial charge on any atom is -0.360 e. The molecule has 2 aromatic heterocycles. The Hall–Kier alpha value is -3.53. The highest BCUT2D eigenvalue weighted by Gasteiger charge is 2.19. The Morgan fingerprint density at radius 3 is 2.58 bits per heavy atom. The molecule has 1 N–H and O–H groups in total. The van der Waals surface area contributed by atoms with Crippen LogP contribution in [0, 0.1) is 11.3 Å². The van der Waals surface area contributed by atoms with Gasteiger partial charge in [-0.2, -0.15) is 5.26 Å². The summed E-state index contributed by atoms with van der Waals surface area (Å²) in [6.07, 6.45) is 1.96. The van der Waals surface area contributed by atoms with E-state index in [4.69, 9.17) is 11.6 Å². The molecule has 7 heteroatoms. The number of hydrogen-bond acceptors (Lipinski definition) is 4. The summed E-state index contributed by atoms with van der Waals surface area (Å²) in [6.45, 7) is 0. The van der Waals surface area contributed by atoms with Crippen LogP contribution in [0.25, 0.3) is 28.0 Å². The molecule has 0 saturated carbocycles. The van der Waals surface area contributed by atoms with Crippen molar-refractivity contribution in [2.24, 2.45) is 0 Å². The zero-order valence-electron chi connectivity index (χ0n) is 16.3. The Morgan fingerprint density at radius 1 is 0.968 bits per heavy atom. The van der Waals surface area contributed by atoms with Gasteiger partial charge < -0.3 is 4.98 Å². The van der Waals surface area contributed by atoms with E-state index >= 15 is 0 Å². The number of para-hydroxylation sites is 1. The molecule has 150 valence electrons. The fraction of sp³-hybridized carbons (Fsp3) is 0.0417. The molecule has 0 atom stereocenters. The lowest BCUT2D eigenvalue weighted by molar-refractivity contribution is 0.886. The first-order chi connectivity index (χ1) is 15.2. The molecule has 0 amide bonds. The van der Waals surface area contributed by atoms with Crippen LogP contribution in [-0.2, 0) is 5.75 Å². The number of H-pyrrole nitrogens is 1. The Kier molecular flexibility index (Phi) is 5.21.